The maximum absolute atomic E-state index is 0. The van der Waals surface area contributed by atoms with Crippen LogP contribution in [0.5, 0.6) is 0 Å². The summed E-state index contributed by atoms with van der Waals surface area (Å²) in [5, 5.41) is 0. The molecule has 4 heteroatoms. The molecule has 0 aromatic rings. The molecular formula is HCl3I-3. The van der Waals surface area contributed by atoms with Crippen LogP contribution in [0.25, 0.3) is 0 Å². The van der Waals surface area contributed by atoms with Gasteiger partial charge in [-0.25, -0.2) is 0 Å². The molecule has 0 aromatic heterocycles. The minimum atomic E-state index is 0. The Morgan fingerprint density at radius 1 is 0.500 bits per heavy atom. The molecule has 0 unspecified atom stereocenters. The van der Waals surface area contributed by atoms with Gasteiger partial charge < -0.3 is 37.2 Å². The summed E-state index contributed by atoms with van der Waals surface area (Å²) >= 11 is 0. The summed E-state index contributed by atoms with van der Waals surface area (Å²) in [6.07, 6.45) is 0. The van der Waals surface area contributed by atoms with E-state index in [1.54, 1.807) is 0 Å². The molecule has 0 fully saturated rings. The number of halogens is 4. The van der Waals surface area contributed by atoms with Crippen molar-refractivity contribution < 1.29 is 37.2 Å². The number of hydrogen-bond donors (Lipinski definition) is 0. The molecular weight excluding hydrogens is 233 g/mol. The Balaban J connectivity index is 0. The fourth-order valence-corrected chi connectivity index (χ4v) is 0. The van der Waals surface area contributed by atoms with Gasteiger partial charge in [-0.15, -0.1) is 24.0 Å². The van der Waals surface area contributed by atoms with Crippen molar-refractivity contribution >= 4 is 24.0 Å². The molecule has 4 heavy (non-hydrogen) atoms. The van der Waals surface area contributed by atoms with E-state index in [2.05, 4.69) is 0 Å². The van der Waals surface area contributed by atoms with Gasteiger partial charge in [-0.1, -0.05) is 0 Å². The van der Waals surface area contributed by atoms with Gasteiger partial charge >= 0.3 is 0 Å². The molecule has 0 spiro atoms. The van der Waals surface area contributed by atoms with Gasteiger partial charge in [0.05, 0.1) is 0 Å². The van der Waals surface area contributed by atoms with E-state index in [-0.39, 0.29) is 61.2 Å². The lowest BCUT2D eigenvalue weighted by molar-refractivity contribution is -0.00100. The summed E-state index contributed by atoms with van der Waals surface area (Å²) in [5.74, 6) is 0. The zero-order chi connectivity index (χ0) is 0. The predicted octanol–water partition coefficient (Wildman–Crippen LogP) is -8.37. The van der Waals surface area contributed by atoms with Gasteiger partial charge in [0.2, 0.25) is 0 Å². The van der Waals surface area contributed by atoms with Crippen molar-refractivity contribution in [2.75, 3.05) is 0 Å². The molecule has 0 radical (unpaired) electrons. The van der Waals surface area contributed by atoms with Crippen LogP contribution in [0.3, 0.4) is 0 Å². The van der Waals surface area contributed by atoms with Crippen LogP contribution in [0.4, 0.5) is 0 Å². The second kappa shape index (κ2) is 23.3. The highest BCUT2D eigenvalue weighted by molar-refractivity contribution is 14.0. The van der Waals surface area contributed by atoms with Gasteiger partial charge in [0.15, 0.2) is 0 Å². The van der Waals surface area contributed by atoms with Crippen molar-refractivity contribution in [3.63, 3.8) is 0 Å². The molecule has 0 aliphatic heterocycles. The van der Waals surface area contributed by atoms with Gasteiger partial charge in [0, 0.05) is 0 Å². The van der Waals surface area contributed by atoms with Crippen molar-refractivity contribution in [2.24, 2.45) is 0 Å². The van der Waals surface area contributed by atoms with Gasteiger partial charge in [-0.05, 0) is 0 Å². The SMILES string of the molecule is I.[Cl-].[Cl-].[Cl-]. The summed E-state index contributed by atoms with van der Waals surface area (Å²) in [7, 11) is 0. The highest BCUT2D eigenvalue weighted by atomic mass is 127. The van der Waals surface area contributed by atoms with Gasteiger partial charge in [-0.2, -0.15) is 0 Å². The average molecular weight is 234 g/mol. The Hall–Kier alpha value is 1.60. The molecule has 0 heterocycles. The van der Waals surface area contributed by atoms with Crippen LogP contribution in [0.1, 0.15) is 0 Å². The molecule has 32 valence electrons. The molecule has 0 bridgehead atoms. The van der Waals surface area contributed by atoms with Crippen molar-refractivity contribution in [3.05, 3.63) is 0 Å². The molecule has 0 atom stereocenters. The van der Waals surface area contributed by atoms with Crippen LogP contribution in [-0.4, -0.2) is 0 Å². The topological polar surface area (TPSA) is 0 Å². The molecule has 0 aliphatic rings. The van der Waals surface area contributed by atoms with Gasteiger partial charge in [0.25, 0.3) is 0 Å². The van der Waals surface area contributed by atoms with Gasteiger partial charge in [-0.3, -0.25) is 0 Å². The van der Waals surface area contributed by atoms with E-state index in [4.69, 9.17) is 0 Å². The first-order chi connectivity index (χ1) is 0. The standard InChI is InChI=1S/3ClH.HI/h4*1H/p-3. The van der Waals surface area contributed by atoms with E-state index >= 15 is 0 Å². The zero-order valence-corrected chi connectivity index (χ0v) is 6.14. The first kappa shape index (κ1) is 46.3. The Labute approximate surface area is 61.0 Å². The molecule has 0 N–H and O–H groups in total. The number of hydrogen-bond acceptors (Lipinski definition) is 0. The maximum atomic E-state index is 0. The predicted molar refractivity (Wildman–Crippen MR) is 15.4 cm³/mol. The van der Waals surface area contributed by atoms with E-state index in [0.717, 1.165) is 0 Å². The monoisotopic (exact) mass is 233 g/mol. The van der Waals surface area contributed by atoms with Gasteiger partial charge in [0.1, 0.15) is 0 Å². The Morgan fingerprint density at radius 3 is 0.500 bits per heavy atom. The Kier molecular flexibility index (Phi) is 269. The molecule has 0 saturated heterocycles. The van der Waals surface area contributed by atoms with Crippen LogP contribution in [0, 0.1) is 0 Å². The van der Waals surface area contributed by atoms with Crippen LogP contribution >= 0.6 is 24.0 Å². The second-order valence-electron chi connectivity index (χ2n) is 0. The largest absolute Gasteiger partial charge is 1.00 e. The summed E-state index contributed by atoms with van der Waals surface area (Å²) < 4.78 is 0. The lowest BCUT2D eigenvalue weighted by Crippen LogP contribution is -3.00. The van der Waals surface area contributed by atoms with Crippen LogP contribution in [0.2, 0.25) is 0 Å². The Bertz CT molecular complexity index is 3.25. The minimum Gasteiger partial charge on any atom is -1.00 e. The summed E-state index contributed by atoms with van der Waals surface area (Å²) in [6, 6.07) is 0. The van der Waals surface area contributed by atoms with Crippen molar-refractivity contribution in [2.45, 2.75) is 0 Å². The van der Waals surface area contributed by atoms with Crippen LogP contribution in [0.15, 0.2) is 0 Å². The summed E-state index contributed by atoms with van der Waals surface area (Å²) in [4.78, 5) is 0. The number of rotatable bonds is 0. The quantitative estimate of drug-likeness (QED) is 0.365. The molecule has 0 nitrogen and oxygen atoms in total. The van der Waals surface area contributed by atoms with Crippen molar-refractivity contribution in [1.29, 1.82) is 0 Å². The lowest BCUT2D eigenvalue weighted by Gasteiger charge is -1.00. The summed E-state index contributed by atoms with van der Waals surface area (Å²) in [5.41, 5.74) is 0. The molecule has 0 amide bonds. The molecule has 0 aliphatic carbocycles. The zero-order valence-electron chi connectivity index (χ0n) is 1.54. The third-order valence-electron chi connectivity index (χ3n) is 0. The average Bonchev–Trinajstić information content (AvgIpc) is 0. The fourth-order valence-electron chi connectivity index (χ4n) is 0. The normalized spacial score (nSPS) is 0. The van der Waals surface area contributed by atoms with E-state index in [0.29, 0.717) is 0 Å². The molecule has 0 saturated carbocycles. The summed E-state index contributed by atoms with van der Waals surface area (Å²) in [6.45, 7) is 0. The minimum absolute atomic E-state index is 0. The van der Waals surface area contributed by atoms with Crippen LogP contribution in [-0.2, 0) is 0 Å². The third kappa shape index (κ3) is 9.51. The lowest BCUT2D eigenvalue weighted by atomic mass is 35.5. The third-order valence-corrected chi connectivity index (χ3v) is 0. The molecule has 0 aromatic carbocycles. The van der Waals surface area contributed by atoms with Crippen molar-refractivity contribution in [3.8, 4) is 0 Å². The smallest absolute Gasteiger partial charge is 0.107 e. The van der Waals surface area contributed by atoms with E-state index in [1.807, 2.05) is 0 Å². The first-order valence-electron chi connectivity index (χ1n) is 0. The highest BCUT2D eigenvalue weighted by Gasteiger charge is -0.107. The Morgan fingerprint density at radius 2 is 0.500 bits per heavy atom. The fraction of sp³-hybridized carbons (Fsp3) is 0. The van der Waals surface area contributed by atoms with E-state index < -0.39 is 0 Å². The first-order valence-corrected chi connectivity index (χ1v) is 0. The van der Waals surface area contributed by atoms with Crippen molar-refractivity contribution in [1.82, 2.24) is 0 Å². The van der Waals surface area contributed by atoms with E-state index in [1.165, 1.54) is 0 Å². The maximum Gasteiger partial charge on any atom is -0.107 e. The second-order valence-corrected chi connectivity index (χ2v) is 0. The van der Waals surface area contributed by atoms with E-state index in [9.17, 15) is 0 Å². The highest BCUT2D eigenvalue weighted by Crippen LogP contribution is 0.886. The van der Waals surface area contributed by atoms with Crippen LogP contribution < -0.4 is 37.2 Å². The molecule has 0 rings (SSSR count).